The van der Waals surface area contributed by atoms with Crippen LogP contribution in [0.1, 0.15) is 55.3 Å². The average molecular weight is 430 g/mol. The van der Waals surface area contributed by atoms with E-state index >= 15 is 0 Å². The fourth-order valence-corrected chi connectivity index (χ4v) is 7.10. The highest BCUT2D eigenvalue weighted by Gasteiger charge is 2.51. The number of hydrogen-bond acceptors (Lipinski definition) is 2. The van der Waals surface area contributed by atoms with Gasteiger partial charge < -0.3 is 9.47 Å². The fourth-order valence-electron chi connectivity index (χ4n) is 7.10. The summed E-state index contributed by atoms with van der Waals surface area (Å²) >= 11 is 0. The number of hydrogen-bond donors (Lipinski definition) is 0. The third-order valence-corrected chi connectivity index (χ3v) is 8.58. The molecular formula is C28H35N3O. The highest BCUT2D eigenvalue weighted by Crippen LogP contribution is 2.45. The molecule has 1 amide bonds. The van der Waals surface area contributed by atoms with Gasteiger partial charge in [0.05, 0.1) is 0 Å². The van der Waals surface area contributed by atoms with Crippen LogP contribution in [0.3, 0.4) is 0 Å². The SMILES string of the molecule is Cc1ccc(Cn2cccc2/C=C2\CC[C@@H]3[C@H]4CCCN5CCC[C@H](CN3C2=O)[C@@H]45)cc1. The number of aromatic nitrogens is 1. The van der Waals surface area contributed by atoms with Crippen LogP contribution in [0.2, 0.25) is 0 Å². The van der Waals surface area contributed by atoms with Crippen molar-refractivity contribution in [2.24, 2.45) is 11.8 Å². The van der Waals surface area contributed by atoms with Crippen LogP contribution < -0.4 is 0 Å². The smallest absolute Gasteiger partial charge is 0.250 e. The maximum absolute atomic E-state index is 13.7. The molecule has 4 nitrogen and oxygen atoms in total. The van der Waals surface area contributed by atoms with Crippen molar-refractivity contribution < 1.29 is 4.79 Å². The van der Waals surface area contributed by atoms with Gasteiger partial charge in [0.25, 0.3) is 0 Å². The topological polar surface area (TPSA) is 28.5 Å². The van der Waals surface area contributed by atoms with Gasteiger partial charge >= 0.3 is 0 Å². The molecule has 4 aliphatic heterocycles. The predicted molar refractivity (Wildman–Crippen MR) is 128 cm³/mol. The molecule has 0 aliphatic carbocycles. The van der Waals surface area contributed by atoms with Gasteiger partial charge in [-0.1, -0.05) is 29.8 Å². The van der Waals surface area contributed by atoms with Crippen molar-refractivity contribution in [1.82, 2.24) is 14.4 Å². The summed E-state index contributed by atoms with van der Waals surface area (Å²) < 4.78 is 2.27. The number of benzene rings is 1. The zero-order valence-electron chi connectivity index (χ0n) is 19.2. The van der Waals surface area contributed by atoms with E-state index in [1.54, 1.807) is 0 Å². The summed E-state index contributed by atoms with van der Waals surface area (Å²) in [7, 11) is 0. The maximum Gasteiger partial charge on any atom is 0.250 e. The Labute approximate surface area is 191 Å². The van der Waals surface area contributed by atoms with Crippen LogP contribution in [0.5, 0.6) is 0 Å². The normalized spacial score (nSPS) is 31.5. The number of nitrogens with zero attached hydrogens (tertiary/aromatic N) is 3. The molecule has 0 N–H and O–H groups in total. The second-order valence-electron chi connectivity index (χ2n) is 10.5. The van der Waals surface area contributed by atoms with Crippen molar-refractivity contribution >= 4 is 12.0 Å². The zero-order valence-corrected chi connectivity index (χ0v) is 19.2. The minimum absolute atomic E-state index is 0.311. The number of fused-ring (bicyclic) bond motifs is 2. The molecule has 4 aliphatic rings. The molecule has 0 unspecified atom stereocenters. The molecule has 4 atom stereocenters. The maximum atomic E-state index is 13.7. The van der Waals surface area contributed by atoms with Crippen molar-refractivity contribution in [3.8, 4) is 0 Å². The number of aryl methyl sites for hydroxylation is 1. The summed E-state index contributed by atoms with van der Waals surface area (Å²) in [5.41, 5.74) is 4.73. The molecule has 0 radical (unpaired) electrons. The Balaban J connectivity index is 1.23. The van der Waals surface area contributed by atoms with Crippen molar-refractivity contribution in [3.05, 3.63) is 65.0 Å². The lowest BCUT2D eigenvalue weighted by atomic mass is 9.67. The first-order chi connectivity index (χ1) is 15.7. The summed E-state index contributed by atoms with van der Waals surface area (Å²) in [5.74, 6) is 1.68. The fraction of sp³-hybridized carbons (Fsp3) is 0.536. The van der Waals surface area contributed by atoms with E-state index in [9.17, 15) is 4.79 Å². The van der Waals surface area contributed by atoms with Gasteiger partial charge in [-0.15, -0.1) is 0 Å². The third-order valence-electron chi connectivity index (χ3n) is 8.58. The van der Waals surface area contributed by atoms with E-state index in [4.69, 9.17) is 0 Å². The molecule has 5 heterocycles. The van der Waals surface area contributed by atoms with Gasteiger partial charge in [0.2, 0.25) is 5.91 Å². The van der Waals surface area contributed by atoms with Crippen LogP contribution in [-0.4, -0.2) is 52.0 Å². The van der Waals surface area contributed by atoms with E-state index in [1.165, 1.54) is 49.9 Å². The van der Waals surface area contributed by atoms with E-state index in [2.05, 4.69) is 70.0 Å². The quantitative estimate of drug-likeness (QED) is 0.661. The number of carbonyl (C=O) groups excluding carboxylic acids is 1. The Morgan fingerprint density at radius 1 is 1.03 bits per heavy atom. The number of amides is 1. The van der Waals surface area contributed by atoms with Crippen LogP contribution in [-0.2, 0) is 11.3 Å². The summed E-state index contributed by atoms with van der Waals surface area (Å²) in [6.45, 7) is 6.50. The lowest BCUT2D eigenvalue weighted by molar-refractivity contribution is -0.145. The van der Waals surface area contributed by atoms with Crippen LogP contribution in [0.25, 0.3) is 6.08 Å². The molecule has 4 saturated heterocycles. The molecular weight excluding hydrogens is 394 g/mol. The summed E-state index contributed by atoms with van der Waals surface area (Å²) in [6.07, 6.45) is 11.6. The third kappa shape index (κ3) is 3.53. The highest BCUT2D eigenvalue weighted by atomic mass is 16.2. The van der Waals surface area contributed by atoms with Gasteiger partial charge in [-0.3, -0.25) is 9.69 Å². The van der Waals surface area contributed by atoms with Gasteiger partial charge in [0, 0.05) is 42.6 Å². The van der Waals surface area contributed by atoms with E-state index in [0.29, 0.717) is 23.8 Å². The lowest BCUT2D eigenvalue weighted by Crippen LogP contribution is -2.66. The van der Waals surface area contributed by atoms with Gasteiger partial charge in [-0.25, -0.2) is 0 Å². The first-order valence-electron chi connectivity index (χ1n) is 12.6. The molecule has 2 aromatic rings. The highest BCUT2D eigenvalue weighted by molar-refractivity contribution is 5.98. The molecule has 4 fully saturated rings. The molecule has 32 heavy (non-hydrogen) atoms. The first-order valence-corrected chi connectivity index (χ1v) is 12.6. The molecule has 1 aromatic carbocycles. The monoisotopic (exact) mass is 429 g/mol. The Bertz CT molecular complexity index is 1020. The number of piperidine rings is 4. The molecule has 4 heteroatoms. The number of carbonyl (C=O) groups is 1. The largest absolute Gasteiger partial charge is 0.344 e. The van der Waals surface area contributed by atoms with Gasteiger partial charge in [-0.05, 0) is 94.1 Å². The molecule has 0 bridgehead atoms. The Morgan fingerprint density at radius 3 is 2.69 bits per heavy atom. The van der Waals surface area contributed by atoms with E-state index < -0.39 is 0 Å². The number of rotatable bonds is 3. The second-order valence-corrected chi connectivity index (χ2v) is 10.5. The van der Waals surface area contributed by atoms with Gasteiger partial charge in [0.1, 0.15) is 0 Å². The lowest BCUT2D eigenvalue weighted by Gasteiger charge is -2.58. The van der Waals surface area contributed by atoms with Crippen LogP contribution in [0.15, 0.2) is 48.2 Å². The van der Waals surface area contributed by atoms with Crippen LogP contribution in [0, 0.1) is 18.8 Å². The Kier molecular flexibility index (Phi) is 5.21. The zero-order chi connectivity index (χ0) is 21.7. The summed E-state index contributed by atoms with van der Waals surface area (Å²) in [5, 5.41) is 0. The molecule has 0 spiro atoms. The van der Waals surface area contributed by atoms with E-state index in [-0.39, 0.29) is 0 Å². The van der Waals surface area contributed by atoms with E-state index in [0.717, 1.165) is 43.2 Å². The minimum atomic E-state index is 0.311. The molecule has 1 aromatic heterocycles. The van der Waals surface area contributed by atoms with E-state index in [1.807, 2.05) is 0 Å². The molecule has 168 valence electrons. The molecule has 6 rings (SSSR count). The summed E-state index contributed by atoms with van der Waals surface area (Å²) in [4.78, 5) is 18.7. The van der Waals surface area contributed by atoms with Gasteiger partial charge in [0.15, 0.2) is 0 Å². The predicted octanol–water partition coefficient (Wildman–Crippen LogP) is 4.72. The van der Waals surface area contributed by atoms with Gasteiger partial charge in [-0.2, -0.15) is 0 Å². The van der Waals surface area contributed by atoms with Crippen molar-refractivity contribution in [3.63, 3.8) is 0 Å². The summed E-state index contributed by atoms with van der Waals surface area (Å²) in [6, 6.07) is 14.2. The van der Waals surface area contributed by atoms with Crippen LogP contribution >= 0.6 is 0 Å². The van der Waals surface area contributed by atoms with Crippen molar-refractivity contribution in [2.75, 3.05) is 19.6 Å². The average Bonchev–Trinajstić information content (AvgIpc) is 3.24. The van der Waals surface area contributed by atoms with Crippen LogP contribution in [0.4, 0.5) is 0 Å². The van der Waals surface area contributed by atoms with Crippen molar-refractivity contribution in [2.45, 2.75) is 64.1 Å². The standard InChI is InChI=1S/C28H35N3O/c1-20-8-10-21(11-9-20)18-30-16-3-6-24(30)17-22-12-13-26-25-7-4-15-29-14-2-5-23(27(25)29)19-31(26)28(22)32/h3,6,8-11,16-17,23,25-27H,2,4-5,7,12-15,18-19H2,1H3/b22-17+/t23-,25-,26-,27+/m1/s1. The first kappa shape index (κ1) is 20.3. The second kappa shape index (κ2) is 8.22. The van der Waals surface area contributed by atoms with Crippen molar-refractivity contribution in [1.29, 1.82) is 0 Å². The Hall–Kier alpha value is -2.33. The Morgan fingerprint density at radius 2 is 1.84 bits per heavy atom. The minimum Gasteiger partial charge on any atom is -0.344 e. The molecule has 0 saturated carbocycles.